The van der Waals surface area contributed by atoms with E-state index in [0.717, 1.165) is 32.1 Å². The fourth-order valence-electron chi connectivity index (χ4n) is 1.77. The molecule has 1 rings (SSSR count). The van der Waals surface area contributed by atoms with Crippen LogP contribution in [0.3, 0.4) is 0 Å². The maximum Gasteiger partial charge on any atom is 0.411 e. The van der Waals surface area contributed by atoms with Crippen LogP contribution in [0.5, 0.6) is 0 Å². The van der Waals surface area contributed by atoms with Crippen molar-refractivity contribution in [2.75, 3.05) is 13.2 Å². The van der Waals surface area contributed by atoms with Gasteiger partial charge in [0.25, 0.3) is 0 Å². The fourth-order valence-corrected chi connectivity index (χ4v) is 1.77. The standard InChI is InChI=1S/C9H16F3NO/c10-9(11,12)7-14-6-8(13)4-2-1-3-5-8/h1-7,13H2. The van der Waals surface area contributed by atoms with Gasteiger partial charge in [0.1, 0.15) is 6.61 Å². The van der Waals surface area contributed by atoms with Crippen molar-refractivity contribution in [2.24, 2.45) is 5.73 Å². The summed E-state index contributed by atoms with van der Waals surface area (Å²) in [5.41, 5.74) is 5.37. The molecule has 1 saturated carbocycles. The highest BCUT2D eigenvalue weighted by molar-refractivity contribution is 4.86. The number of nitrogens with two attached hydrogens (primary N) is 1. The summed E-state index contributed by atoms with van der Waals surface area (Å²) in [6.45, 7) is -1.17. The molecule has 0 aliphatic heterocycles. The minimum Gasteiger partial charge on any atom is -0.370 e. The van der Waals surface area contributed by atoms with Gasteiger partial charge in [-0.15, -0.1) is 0 Å². The van der Waals surface area contributed by atoms with Gasteiger partial charge >= 0.3 is 6.18 Å². The highest BCUT2D eigenvalue weighted by Gasteiger charge is 2.32. The smallest absolute Gasteiger partial charge is 0.370 e. The first kappa shape index (κ1) is 11.8. The number of hydrogen-bond donors (Lipinski definition) is 1. The van der Waals surface area contributed by atoms with Crippen molar-refractivity contribution in [1.29, 1.82) is 0 Å². The molecule has 0 radical (unpaired) electrons. The van der Waals surface area contributed by atoms with Crippen LogP contribution in [0.25, 0.3) is 0 Å². The molecule has 2 nitrogen and oxygen atoms in total. The third-order valence-corrected chi connectivity index (χ3v) is 2.50. The van der Waals surface area contributed by atoms with Gasteiger partial charge in [0.2, 0.25) is 0 Å². The molecule has 1 aliphatic carbocycles. The van der Waals surface area contributed by atoms with E-state index in [1.807, 2.05) is 0 Å². The van der Waals surface area contributed by atoms with Crippen LogP contribution < -0.4 is 5.73 Å². The van der Waals surface area contributed by atoms with E-state index in [1.165, 1.54) is 0 Å². The van der Waals surface area contributed by atoms with E-state index in [2.05, 4.69) is 4.74 Å². The van der Waals surface area contributed by atoms with Crippen LogP contribution in [0.15, 0.2) is 0 Å². The van der Waals surface area contributed by atoms with Gasteiger partial charge in [-0.25, -0.2) is 0 Å². The Morgan fingerprint density at radius 3 is 2.21 bits per heavy atom. The lowest BCUT2D eigenvalue weighted by Gasteiger charge is -2.33. The van der Waals surface area contributed by atoms with Crippen LogP contribution in [0, 0.1) is 0 Å². The largest absolute Gasteiger partial charge is 0.411 e. The minimum atomic E-state index is -4.25. The van der Waals surface area contributed by atoms with Gasteiger partial charge in [-0.1, -0.05) is 19.3 Å². The van der Waals surface area contributed by atoms with E-state index in [-0.39, 0.29) is 6.61 Å². The lowest BCUT2D eigenvalue weighted by molar-refractivity contribution is -0.178. The molecule has 0 unspecified atom stereocenters. The molecular formula is C9H16F3NO. The molecule has 1 aliphatic rings. The third kappa shape index (κ3) is 4.28. The molecule has 0 aromatic carbocycles. The summed E-state index contributed by atoms with van der Waals surface area (Å²) in [5.74, 6) is 0. The van der Waals surface area contributed by atoms with Crippen LogP contribution in [-0.4, -0.2) is 24.9 Å². The normalized spacial score (nSPS) is 22.3. The number of ether oxygens (including phenoxy) is 1. The zero-order chi connectivity index (χ0) is 10.7. The third-order valence-electron chi connectivity index (χ3n) is 2.50. The second-order valence-corrected chi connectivity index (χ2v) is 4.03. The average molecular weight is 211 g/mol. The van der Waals surface area contributed by atoms with E-state index in [0.29, 0.717) is 0 Å². The minimum absolute atomic E-state index is 0.0203. The Labute approximate surface area is 81.6 Å². The monoisotopic (exact) mass is 211 g/mol. The zero-order valence-electron chi connectivity index (χ0n) is 8.07. The molecule has 1 fully saturated rings. The molecule has 5 heteroatoms. The van der Waals surface area contributed by atoms with Crippen molar-refractivity contribution >= 4 is 0 Å². The molecule has 0 saturated heterocycles. The molecule has 2 N–H and O–H groups in total. The van der Waals surface area contributed by atoms with Crippen LogP contribution in [-0.2, 0) is 4.74 Å². The molecule has 0 heterocycles. The Balaban J connectivity index is 2.22. The van der Waals surface area contributed by atoms with E-state index in [1.54, 1.807) is 0 Å². The van der Waals surface area contributed by atoms with Crippen LogP contribution in [0.2, 0.25) is 0 Å². The van der Waals surface area contributed by atoms with Gasteiger partial charge in [-0.05, 0) is 12.8 Å². The summed E-state index contributed by atoms with van der Waals surface area (Å²) in [6.07, 6.45) is 0.400. The first-order chi connectivity index (χ1) is 6.41. The van der Waals surface area contributed by atoms with Crippen LogP contribution in [0.1, 0.15) is 32.1 Å². The van der Waals surface area contributed by atoms with Crippen LogP contribution >= 0.6 is 0 Å². The predicted octanol–water partition coefficient (Wildman–Crippen LogP) is 2.23. The summed E-state index contributed by atoms with van der Waals surface area (Å²) in [7, 11) is 0. The van der Waals surface area contributed by atoms with Crippen molar-refractivity contribution in [3.63, 3.8) is 0 Å². The number of rotatable bonds is 3. The van der Waals surface area contributed by atoms with Gasteiger partial charge < -0.3 is 10.5 Å². The summed E-state index contributed by atoms with van der Waals surface area (Å²) in [5, 5.41) is 0. The van der Waals surface area contributed by atoms with Gasteiger partial charge in [0.15, 0.2) is 0 Å². The maximum absolute atomic E-state index is 11.8. The van der Waals surface area contributed by atoms with E-state index < -0.39 is 18.3 Å². The molecule has 0 spiro atoms. The van der Waals surface area contributed by atoms with E-state index >= 15 is 0 Å². The second-order valence-electron chi connectivity index (χ2n) is 4.03. The Hall–Kier alpha value is -0.290. The topological polar surface area (TPSA) is 35.2 Å². The Morgan fingerprint density at radius 1 is 1.14 bits per heavy atom. The summed E-state index contributed by atoms with van der Waals surface area (Å²) >= 11 is 0. The lowest BCUT2D eigenvalue weighted by Crippen LogP contribution is -2.46. The first-order valence-electron chi connectivity index (χ1n) is 4.85. The van der Waals surface area contributed by atoms with Gasteiger partial charge in [0.05, 0.1) is 6.61 Å². The molecule has 0 amide bonds. The quantitative estimate of drug-likeness (QED) is 0.776. The van der Waals surface area contributed by atoms with Crippen molar-refractivity contribution in [1.82, 2.24) is 0 Å². The molecule has 84 valence electrons. The molecule has 0 bridgehead atoms. The number of alkyl halides is 3. The number of halogens is 3. The summed E-state index contributed by atoms with van der Waals surface area (Å²) < 4.78 is 39.9. The highest BCUT2D eigenvalue weighted by atomic mass is 19.4. The Morgan fingerprint density at radius 2 is 1.71 bits per heavy atom. The summed E-state index contributed by atoms with van der Waals surface area (Å²) in [4.78, 5) is 0. The lowest BCUT2D eigenvalue weighted by atomic mass is 9.83. The first-order valence-corrected chi connectivity index (χ1v) is 4.85. The number of hydrogen-bond acceptors (Lipinski definition) is 2. The van der Waals surface area contributed by atoms with E-state index in [4.69, 9.17) is 5.73 Å². The molecule has 0 aromatic rings. The van der Waals surface area contributed by atoms with Gasteiger partial charge in [0, 0.05) is 5.54 Å². The maximum atomic E-state index is 11.8. The highest BCUT2D eigenvalue weighted by Crippen LogP contribution is 2.26. The predicted molar refractivity (Wildman–Crippen MR) is 46.9 cm³/mol. The fraction of sp³-hybridized carbons (Fsp3) is 1.00. The Kier molecular flexibility index (Phi) is 3.78. The van der Waals surface area contributed by atoms with Gasteiger partial charge in [-0.3, -0.25) is 0 Å². The van der Waals surface area contributed by atoms with Crippen molar-refractivity contribution in [3.05, 3.63) is 0 Å². The molecule has 0 atom stereocenters. The second kappa shape index (κ2) is 4.49. The van der Waals surface area contributed by atoms with Crippen LogP contribution in [0.4, 0.5) is 13.2 Å². The van der Waals surface area contributed by atoms with Crippen molar-refractivity contribution < 1.29 is 17.9 Å². The van der Waals surface area contributed by atoms with Crippen molar-refractivity contribution in [2.45, 2.75) is 43.8 Å². The molecular weight excluding hydrogens is 195 g/mol. The SMILES string of the molecule is NC1(COCC(F)(F)F)CCCCC1. The van der Waals surface area contributed by atoms with E-state index in [9.17, 15) is 13.2 Å². The molecule has 14 heavy (non-hydrogen) atoms. The summed E-state index contributed by atoms with van der Waals surface area (Å²) in [6, 6.07) is 0. The Bertz CT molecular complexity index is 175. The zero-order valence-corrected chi connectivity index (χ0v) is 8.07. The van der Waals surface area contributed by atoms with Crippen molar-refractivity contribution in [3.8, 4) is 0 Å². The average Bonchev–Trinajstić information content (AvgIpc) is 2.02. The molecule has 0 aromatic heterocycles. The van der Waals surface area contributed by atoms with Gasteiger partial charge in [-0.2, -0.15) is 13.2 Å².